The van der Waals surface area contributed by atoms with E-state index in [0.29, 0.717) is 30.5 Å². The number of nitrogens with zero attached hydrogens (tertiary/aromatic N) is 2. The Morgan fingerprint density at radius 1 is 1.24 bits per heavy atom. The Hall–Kier alpha value is -3.15. The molecule has 5 atom stereocenters. The SMILES string of the molecule is C=C[C@@H]1C[C@]1(NC(=O)[C@@H]1CCCN1C(=O)[C@@H](NC(=O)OC1CCCC1)C(C)(C)C)P(=O)(O)Cc1ccccc1C#N. The predicted octanol–water partition coefficient (Wildman–Crippen LogP) is 4.42. The summed E-state index contributed by atoms with van der Waals surface area (Å²) in [4.78, 5) is 53.0. The maximum atomic E-state index is 13.8. The summed E-state index contributed by atoms with van der Waals surface area (Å²) < 4.78 is 19.4. The molecule has 2 aliphatic carbocycles. The van der Waals surface area contributed by atoms with E-state index in [1.54, 1.807) is 30.3 Å². The van der Waals surface area contributed by atoms with Gasteiger partial charge >= 0.3 is 6.09 Å². The minimum Gasteiger partial charge on any atom is -0.446 e. The summed E-state index contributed by atoms with van der Waals surface area (Å²) in [6.07, 6.45) is 5.33. The van der Waals surface area contributed by atoms with Crippen LogP contribution in [-0.4, -0.2) is 57.7 Å². The molecular weight excluding hydrogens is 543 g/mol. The number of likely N-dealkylation sites (tertiary alicyclic amines) is 1. The third-order valence-corrected chi connectivity index (χ3v) is 11.2. The van der Waals surface area contributed by atoms with Gasteiger partial charge in [0.15, 0.2) is 0 Å². The maximum absolute atomic E-state index is 13.8. The van der Waals surface area contributed by atoms with Crippen molar-refractivity contribution in [3.63, 3.8) is 0 Å². The number of rotatable bonds is 9. The van der Waals surface area contributed by atoms with Gasteiger partial charge in [0.1, 0.15) is 23.5 Å². The van der Waals surface area contributed by atoms with Crippen LogP contribution in [0.2, 0.25) is 0 Å². The van der Waals surface area contributed by atoms with Crippen molar-refractivity contribution >= 4 is 25.3 Å². The fraction of sp³-hybridized carbons (Fsp3) is 0.600. The van der Waals surface area contributed by atoms with Crippen LogP contribution < -0.4 is 10.6 Å². The summed E-state index contributed by atoms with van der Waals surface area (Å²) in [5.74, 6) is -1.32. The number of ether oxygens (including phenoxy) is 1. The second-order valence-corrected chi connectivity index (χ2v) is 15.1. The molecule has 3 aliphatic rings. The van der Waals surface area contributed by atoms with E-state index >= 15 is 0 Å². The lowest BCUT2D eigenvalue weighted by molar-refractivity contribution is -0.142. The Kier molecular flexibility index (Phi) is 9.01. The molecule has 1 aromatic rings. The third-order valence-electron chi connectivity index (χ3n) is 8.54. The number of nitrogens with one attached hydrogen (secondary N) is 2. The number of carbonyl (C=O) groups excluding carboxylic acids is 3. The first kappa shape index (κ1) is 30.8. The van der Waals surface area contributed by atoms with Crippen LogP contribution in [0.15, 0.2) is 36.9 Å². The van der Waals surface area contributed by atoms with Crippen LogP contribution in [0, 0.1) is 22.7 Å². The zero-order valence-electron chi connectivity index (χ0n) is 24.1. The van der Waals surface area contributed by atoms with E-state index in [0.717, 1.165) is 25.7 Å². The topological polar surface area (TPSA) is 149 Å². The highest BCUT2D eigenvalue weighted by atomic mass is 31.2. The zero-order chi connectivity index (χ0) is 30.0. The van der Waals surface area contributed by atoms with Crippen LogP contribution >= 0.6 is 7.37 Å². The monoisotopic (exact) mass is 584 g/mol. The Balaban J connectivity index is 1.50. The van der Waals surface area contributed by atoms with E-state index in [4.69, 9.17) is 4.74 Å². The molecule has 4 rings (SSSR count). The van der Waals surface area contributed by atoms with Crippen molar-refractivity contribution in [3.05, 3.63) is 48.0 Å². The van der Waals surface area contributed by atoms with Crippen LogP contribution in [0.4, 0.5) is 4.79 Å². The molecule has 0 spiro atoms. The number of hydrogen-bond donors (Lipinski definition) is 3. The molecule has 1 unspecified atom stereocenters. The van der Waals surface area contributed by atoms with Crippen molar-refractivity contribution in [2.75, 3.05) is 6.54 Å². The molecule has 1 heterocycles. The molecule has 0 radical (unpaired) electrons. The van der Waals surface area contributed by atoms with Crippen LogP contribution in [0.3, 0.4) is 0 Å². The van der Waals surface area contributed by atoms with E-state index in [1.165, 1.54) is 4.90 Å². The van der Waals surface area contributed by atoms with Crippen molar-refractivity contribution in [1.82, 2.24) is 15.5 Å². The van der Waals surface area contributed by atoms with Crippen LogP contribution in [0.25, 0.3) is 0 Å². The predicted molar refractivity (Wildman–Crippen MR) is 154 cm³/mol. The summed E-state index contributed by atoms with van der Waals surface area (Å²) in [7, 11) is -4.07. The molecule has 0 aromatic heterocycles. The summed E-state index contributed by atoms with van der Waals surface area (Å²) in [6.45, 7) is 9.63. The van der Waals surface area contributed by atoms with Gasteiger partial charge in [0, 0.05) is 12.5 Å². The standard InChI is InChI=1S/C30H41N4O6P/c1-5-22-17-30(22,41(38,39)19-21-12-7-6-11-20(21)18-31)33-26(35)24-15-10-16-34(24)27(36)25(29(2,3)4)32-28(37)40-23-13-8-9-14-23/h5-7,11-12,22-25H,1,8-10,13-17,19H2,2-4H3,(H,32,37)(H,33,35)(H,38,39)/t22-,24+,25-,30+/m1/s1. The summed E-state index contributed by atoms with van der Waals surface area (Å²) in [6, 6.07) is 6.88. The van der Waals surface area contributed by atoms with Gasteiger partial charge in [-0.15, -0.1) is 6.58 Å². The van der Waals surface area contributed by atoms with Crippen LogP contribution in [0.1, 0.15) is 76.8 Å². The lowest BCUT2D eigenvalue weighted by atomic mass is 9.85. The molecule has 1 aromatic carbocycles. The van der Waals surface area contributed by atoms with Crippen molar-refractivity contribution in [1.29, 1.82) is 5.26 Å². The summed E-state index contributed by atoms with van der Waals surface area (Å²) in [5.41, 5.74) is 0.0833. The summed E-state index contributed by atoms with van der Waals surface area (Å²) in [5, 5.41) is 13.6. The van der Waals surface area contributed by atoms with Crippen LogP contribution in [-0.2, 0) is 25.1 Å². The molecule has 10 nitrogen and oxygen atoms in total. The molecule has 3 N–H and O–H groups in total. The van der Waals surface area contributed by atoms with E-state index in [9.17, 15) is 29.1 Å². The molecule has 1 saturated heterocycles. The molecule has 41 heavy (non-hydrogen) atoms. The molecule has 1 aliphatic heterocycles. The Bertz CT molecular complexity index is 1280. The molecule has 3 fully saturated rings. The number of amides is 3. The van der Waals surface area contributed by atoms with Crippen molar-refractivity contribution in [2.45, 2.75) is 95.3 Å². The summed E-state index contributed by atoms with van der Waals surface area (Å²) >= 11 is 0. The lowest BCUT2D eigenvalue weighted by Gasteiger charge is -2.36. The Morgan fingerprint density at radius 3 is 2.54 bits per heavy atom. The Labute approximate surface area is 242 Å². The minimum absolute atomic E-state index is 0.155. The molecule has 2 saturated carbocycles. The van der Waals surface area contributed by atoms with Gasteiger partial charge in [0.05, 0.1) is 17.8 Å². The van der Waals surface area contributed by atoms with Gasteiger partial charge in [-0.3, -0.25) is 14.2 Å². The number of nitriles is 1. The maximum Gasteiger partial charge on any atom is 0.408 e. The lowest BCUT2D eigenvalue weighted by Crippen LogP contribution is -2.58. The molecule has 0 bridgehead atoms. The van der Waals surface area contributed by atoms with Crippen molar-refractivity contribution < 1.29 is 28.6 Å². The fourth-order valence-electron chi connectivity index (χ4n) is 6.05. The fourth-order valence-corrected chi connectivity index (χ4v) is 8.46. The van der Waals surface area contributed by atoms with Gasteiger partial charge in [0.25, 0.3) is 0 Å². The van der Waals surface area contributed by atoms with Crippen molar-refractivity contribution in [2.24, 2.45) is 11.3 Å². The number of hydrogen-bond acceptors (Lipinski definition) is 6. The van der Waals surface area contributed by atoms with Gasteiger partial charge < -0.3 is 25.2 Å². The highest BCUT2D eigenvalue weighted by Gasteiger charge is 2.65. The Morgan fingerprint density at radius 2 is 1.93 bits per heavy atom. The molecule has 11 heteroatoms. The van der Waals surface area contributed by atoms with E-state index in [1.807, 2.05) is 20.8 Å². The number of carbonyl (C=O) groups is 3. The van der Waals surface area contributed by atoms with Crippen LogP contribution in [0.5, 0.6) is 0 Å². The van der Waals surface area contributed by atoms with E-state index in [-0.39, 0.29) is 18.7 Å². The highest BCUT2D eigenvalue weighted by Crippen LogP contribution is 2.71. The first-order valence-electron chi connectivity index (χ1n) is 14.3. The van der Waals surface area contributed by atoms with Crippen molar-refractivity contribution in [3.8, 4) is 6.07 Å². The average Bonchev–Trinajstić information content (AvgIpc) is 3.24. The van der Waals surface area contributed by atoms with Gasteiger partial charge in [-0.05, 0) is 62.0 Å². The van der Waals surface area contributed by atoms with Gasteiger partial charge in [-0.1, -0.05) is 45.0 Å². The van der Waals surface area contributed by atoms with E-state index < -0.39 is 54.0 Å². The first-order chi connectivity index (χ1) is 19.3. The first-order valence-corrected chi connectivity index (χ1v) is 16.2. The normalized spacial score (nSPS) is 26.4. The molecule has 3 amide bonds. The minimum atomic E-state index is -4.07. The van der Waals surface area contributed by atoms with Gasteiger partial charge in [-0.2, -0.15) is 5.26 Å². The zero-order valence-corrected chi connectivity index (χ0v) is 25.0. The largest absolute Gasteiger partial charge is 0.446 e. The second-order valence-electron chi connectivity index (χ2n) is 12.5. The third kappa shape index (κ3) is 6.52. The highest BCUT2D eigenvalue weighted by molar-refractivity contribution is 7.59. The number of benzene rings is 1. The molecule has 222 valence electrons. The number of alkyl carbamates (subject to hydrolysis) is 1. The van der Waals surface area contributed by atoms with Gasteiger partial charge in [0.2, 0.25) is 19.2 Å². The van der Waals surface area contributed by atoms with Gasteiger partial charge in [-0.25, -0.2) is 4.79 Å². The molecular formula is C30H41N4O6P. The van der Waals surface area contributed by atoms with E-state index in [2.05, 4.69) is 23.3 Å². The smallest absolute Gasteiger partial charge is 0.408 e. The average molecular weight is 585 g/mol. The second kappa shape index (κ2) is 12.0. The quantitative estimate of drug-likeness (QED) is 0.287.